The number of piperidine rings is 1. The highest BCUT2D eigenvalue weighted by Crippen LogP contribution is 2.24. The number of likely N-dealkylation sites (tertiary alicyclic amines) is 1. The van der Waals surface area contributed by atoms with E-state index in [0.29, 0.717) is 12.6 Å². The van der Waals surface area contributed by atoms with Crippen LogP contribution in [-0.4, -0.2) is 43.0 Å². The van der Waals surface area contributed by atoms with Gasteiger partial charge >= 0.3 is 0 Å². The van der Waals surface area contributed by atoms with Gasteiger partial charge in [0.15, 0.2) is 0 Å². The third-order valence-electron chi connectivity index (χ3n) is 4.25. The number of rotatable bonds is 3. The summed E-state index contributed by atoms with van der Waals surface area (Å²) in [6.45, 7) is 3.72. The van der Waals surface area contributed by atoms with Crippen molar-refractivity contribution in [3.8, 4) is 0 Å². The molecule has 4 nitrogen and oxygen atoms in total. The monoisotopic (exact) mass is 385 g/mol. The molecule has 2 saturated heterocycles. The molecule has 20 heavy (non-hydrogen) atoms. The molecule has 0 radical (unpaired) electrons. The van der Waals surface area contributed by atoms with Crippen molar-refractivity contribution in [3.05, 3.63) is 27.8 Å². The van der Waals surface area contributed by atoms with E-state index in [4.69, 9.17) is 0 Å². The first-order chi connectivity index (χ1) is 9.72. The molecule has 108 valence electrons. The van der Waals surface area contributed by atoms with Crippen LogP contribution in [0.25, 0.3) is 0 Å². The summed E-state index contributed by atoms with van der Waals surface area (Å²) in [4.78, 5) is 14.4. The lowest BCUT2D eigenvalue weighted by atomic mass is 9.93. The molecule has 0 aromatic heterocycles. The molecule has 0 aliphatic carbocycles. The molecule has 2 aliphatic rings. The van der Waals surface area contributed by atoms with Gasteiger partial charge in [0, 0.05) is 22.7 Å². The predicted octanol–water partition coefficient (Wildman–Crippen LogP) is 1.91. The van der Waals surface area contributed by atoms with E-state index in [-0.39, 0.29) is 5.91 Å². The maximum atomic E-state index is 12.2. The molecule has 0 saturated carbocycles. The third-order valence-corrected chi connectivity index (χ3v) is 5.20. The fourth-order valence-corrected chi connectivity index (χ4v) is 3.74. The van der Waals surface area contributed by atoms with E-state index >= 15 is 0 Å². The first kappa shape index (κ1) is 14.3. The molecule has 5 heteroatoms. The minimum absolute atomic E-state index is 0.0959. The van der Waals surface area contributed by atoms with E-state index in [1.807, 2.05) is 24.3 Å². The van der Waals surface area contributed by atoms with Crippen LogP contribution in [0.15, 0.2) is 24.3 Å². The van der Waals surface area contributed by atoms with Crippen molar-refractivity contribution in [1.29, 1.82) is 0 Å². The minimum atomic E-state index is 0.0959. The molecule has 2 heterocycles. The molecule has 0 spiro atoms. The highest BCUT2D eigenvalue weighted by molar-refractivity contribution is 14.1. The normalized spacial score (nSPS) is 26.2. The summed E-state index contributed by atoms with van der Waals surface area (Å²) in [5.41, 5.74) is 0.913. The number of nitrogens with one attached hydrogen (secondary N) is 2. The zero-order chi connectivity index (χ0) is 13.9. The van der Waals surface area contributed by atoms with Gasteiger partial charge in [0.1, 0.15) is 0 Å². The fraction of sp³-hybridized carbons (Fsp3) is 0.533. The van der Waals surface area contributed by atoms with Crippen LogP contribution in [0, 0.1) is 9.49 Å². The Morgan fingerprint density at radius 2 is 2.25 bits per heavy atom. The van der Waals surface area contributed by atoms with Crippen molar-refractivity contribution in [2.75, 3.05) is 31.5 Å². The van der Waals surface area contributed by atoms with Gasteiger partial charge in [-0.15, -0.1) is 0 Å². The number of hydrogen-bond acceptors (Lipinski definition) is 3. The largest absolute Gasteiger partial charge is 0.324 e. The summed E-state index contributed by atoms with van der Waals surface area (Å²) >= 11 is 2.25. The van der Waals surface area contributed by atoms with Crippen molar-refractivity contribution in [2.24, 2.45) is 5.92 Å². The maximum absolute atomic E-state index is 12.2. The van der Waals surface area contributed by atoms with Gasteiger partial charge in [0.25, 0.3) is 0 Å². The van der Waals surface area contributed by atoms with Crippen LogP contribution in [0.4, 0.5) is 5.69 Å². The van der Waals surface area contributed by atoms with Gasteiger partial charge in [-0.3, -0.25) is 9.69 Å². The number of nitrogens with zero attached hydrogens (tertiary/aromatic N) is 1. The molecular weight excluding hydrogens is 365 g/mol. The van der Waals surface area contributed by atoms with Gasteiger partial charge in [-0.2, -0.15) is 0 Å². The topological polar surface area (TPSA) is 44.4 Å². The number of para-hydroxylation sites is 1. The predicted molar refractivity (Wildman–Crippen MR) is 88.7 cm³/mol. The molecular formula is C15H20IN3O. The Kier molecular flexibility index (Phi) is 4.58. The maximum Gasteiger partial charge on any atom is 0.238 e. The Bertz CT molecular complexity index is 494. The Balaban J connectivity index is 1.53. The lowest BCUT2D eigenvalue weighted by Crippen LogP contribution is -2.46. The number of fused-ring (bicyclic) bond motifs is 1. The number of hydrogen-bond donors (Lipinski definition) is 2. The van der Waals surface area contributed by atoms with Crippen LogP contribution in [0.3, 0.4) is 0 Å². The molecule has 2 fully saturated rings. The Morgan fingerprint density at radius 3 is 3.10 bits per heavy atom. The van der Waals surface area contributed by atoms with Crippen LogP contribution in [0.5, 0.6) is 0 Å². The van der Waals surface area contributed by atoms with Crippen molar-refractivity contribution in [3.63, 3.8) is 0 Å². The van der Waals surface area contributed by atoms with Gasteiger partial charge in [-0.25, -0.2) is 0 Å². The second-order valence-electron chi connectivity index (χ2n) is 5.66. The van der Waals surface area contributed by atoms with Crippen LogP contribution < -0.4 is 10.6 Å². The van der Waals surface area contributed by atoms with Crippen LogP contribution >= 0.6 is 22.6 Å². The Labute approximate surface area is 133 Å². The molecule has 1 amide bonds. The molecule has 3 rings (SSSR count). The first-order valence-corrected chi connectivity index (χ1v) is 8.30. The average Bonchev–Trinajstić information content (AvgIpc) is 2.89. The highest BCUT2D eigenvalue weighted by atomic mass is 127. The molecule has 2 aliphatic heterocycles. The Morgan fingerprint density at radius 1 is 1.40 bits per heavy atom. The molecule has 1 aromatic rings. The summed E-state index contributed by atoms with van der Waals surface area (Å²) in [5, 5.41) is 6.56. The quantitative estimate of drug-likeness (QED) is 0.782. The number of benzene rings is 1. The van der Waals surface area contributed by atoms with Gasteiger partial charge in [-0.05, 0) is 60.0 Å². The summed E-state index contributed by atoms with van der Waals surface area (Å²) in [7, 11) is 0. The van der Waals surface area contributed by atoms with E-state index in [9.17, 15) is 4.79 Å². The summed E-state index contributed by atoms with van der Waals surface area (Å²) < 4.78 is 1.08. The minimum Gasteiger partial charge on any atom is -0.324 e. The lowest BCUT2D eigenvalue weighted by Gasteiger charge is -2.34. The number of anilines is 1. The van der Waals surface area contributed by atoms with Gasteiger partial charge in [0.2, 0.25) is 5.91 Å². The fourth-order valence-electron chi connectivity index (χ4n) is 3.22. The average molecular weight is 385 g/mol. The molecule has 2 atom stereocenters. The number of amides is 1. The van der Waals surface area contributed by atoms with Gasteiger partial charge < -0.3 is 10.6 Å². The third kappa shape index (κ3) is 3.32. The van der Waals surface area contributed by atoms with Crippen LogP contribution in [0.2, 0.25) is 0 Å². The number of carbonyl (C=O) groups excluding carboxylic acids is 1. The molecule has 2 N–H and O–H groups in total. The van der Waals surface area contributed by atoms with Crippen molar-refractivity contribution >= 4 is 34.2 Å². The molecule has 2 unspecified atom stereocenters. The summed E-state index contributed by atoms with van der Waals surface area (Å²) in [5.74, 6) is 0.826. The van der Waals surface area contributed by atoms with Crippen LogP contribution in [-0.2, 0) is 4.79 Å². The van der Waals surface area contributed by atoms with Crippen molar-refractivity contribution in [2.45, 2.75) is 18.9 Å². The zero-order valence-electron chi connectivity index (χ0n) is 11.4. The van der Waals surface area contributed by atoms with Gasteiger partial charge in [0.05, 0.1) is 12.2 Å². The summed E-state index contributed by atoms with van der Waals surface area (Å²) in [6, 6.07) is 8.57. The Hall–Kier alpha value is -0.660. The number of carbonyl (C=O) groups is 1. The van der Waals surface area contributed by atoms with Crippen molar-refractivity contribution in [1.82, 2.24) is 10.2 Å². The smallest absolute Gasteiger partial charge is 0.238 e. The number of halogens is 1. The first-order valence-electron chi connectivity index (χ1n) is 7.22. The van der Waals surface area contributed by atoms with E-state index in [1.165, 1.54) is 12.8 Å². The second kappa shape index (κ2) is 6.41. The zero-order valence-corrected chi connectivity index (χ0v) is 13.6. The van der Waals surface area contributed by atoms with E-state index < -0.39 is 0 Å². The molecule has 1 aromatic carbocycles. The standard InChI is InChI=1S/C15H20IN3O/c16-12-3-1-2-4-14(12)18-15(20)10-19-8-6-13-11(9-19)5-7-17-13/h1-4,11,13,17H,5-10H2,(H,18,20). The summed E-state index contributed by atoms with van der Waals surface area (Å²) in [6.07, 6.45) is 2.42. The van der Waals surface area contributed by atoms with E-state index in [1.54, 1.807) is 0 Å². The molecule has 0 bridgehead atoms. The highest BCUT2D eigenvalue weighted by Gasteiger charge is 2.32. The van der Waals surface area contributed by atoms with Crippen LogP contribution in [0.1, 0.15) is 12.8 Å². The second-order valence-corrected chi connectivity index (χ2v) is 6.82. The van der Waals surface area contributed by atoms with E-state index in [2.05, 4.69) is 38.1 Å². The van der Waals surface area contributed by atoms with Gasteiger partial charge in [-0.1, -0.05) is 12.1 Å². The SMILES string of the molecule is O=C(CN1CCC2NCCC2C1)Nc1ccccc1I. The van der Waals surface area contributed by atoms with Crippen molar-refractivity contribution < 1.29 is 4.79 Å². The lowest BCUT2D eigenvalue weighted by molar-refractivity contribution is -0.117. The van der Waals surface area contributed by atoms with E-state index in [0.717, 1.165) is 34.8 Å².